The second kappa shape index (κ2) is 7.36. The van der Waals surface area contributed by atoms with Gasteiger partial charge < -0.3 is 10.1 Å². The van der Waals surface area contributed by atoms with Crippen LogP contribution in [0.15, 0.2) is 0 Å². The van der Waals surface area contributed by atoms with E-state index in [2.05, 4.69) is 24.1 Å². The Kier molecular flexibility index (Phi) is 6.12. The first-order chi connectivity index (χ1) is 8.58. The molecule has 1 atom stereocenters. The van der Waals surface area contributed by atoms with Crippen molar-refractivity contribution >= 4 is 22.4 Å². The molecule has 1 unspecified atom stereocenters. The van der Waals surface area contributed by atoms with Gasteiger partial charge in [-0.15, -0.1) is 0 Å². The third-order valence-corrected chi connectivity index (χ3v) is 3.85. The van der Waals surface area contributed by atoms with E-state index in [4.69, 9.17) is 4.74 Å². The largest absolute Gasteiger partial charge is 0.465 e. The molecule has 1 rings (SSSR count). The van der Waals surface area contributed by atoms with Crippen LogP contribution in [-0.2, 0) is 4.74 Å². The number of nitrogens with zero attached hydrogens (tertiary/aromatic N) is 1. The summed E-state index contributed by atoms with van der Waals surface area (Å²) in [5.41, 5.74) is 0.732. The molecule has 4 nitrogen and oxygen atoms in total. The van der Waals surface area contributed by atoms with Gasteiger partial charge in [0.1, 0.15) is 4.88 Å². The third-order valence-electron chi connectivity index (χ3n) is 2.78. The zero-order valence-corrected chi connectivity index (χ0v) is 12.4. The van der Waals surface area contributed by atoms with Gasteiger partial charge in [0.15, 0.2) is 5.13 Å². The van der Waals surface area contributed by atoms with Crippen LogP contribution in [0.25, 0.3) is 0 Å². The molecule has 0 aliphatic heterocycles. The Morgan fingerprint density at radius 2 is 2.22 bits per heavy atom. The Hall–Kier alpha value is -1.10. The highest BCUT2D eigenvalue weighted by Gasteiger charge is 2.16. The molecule has 0 fully saturated rings. The maximum Gasteiger partial charge on any atom is 0.350 e. The maximum atomic E-state index is 11.5. The summed E-state index contributed by atoms with van der Waals surface area (Å²) in [6, 6.07) is 0.382. The zero-order chi connectivity index (χ0) is 13.5. The lowest BCUT2D eigenvalue weighted by molar-refractivity contribution is 0.0605. The van der Waals surface area contributed by atoms with E-state index in [1.807, 2.05) is 6.92 Å². The lowest BCUT2D eigenvalue weighted by Crippen LogP contribution is -2.14. The van der Waals surface area contributed by atoms with Crippen molar-refractivity contribution < 1.29 is 9.53 Å². The van der Waals surface area contributed by atoms with Gasteiger partial charge >= 0.3 is 5.97 Å². The van der Waals surface area contributed by atoms with Crippen molar-refractivity contribution in [3.63, 3.8) is 0 Å². The molecule has 102 valence electrons. The number of ether oxygens (including phenoxy) is 1. The van der Waals surface area contributed by atoms with Gasteiger partial charge in [-0.25, -0.2) is 9.78 Å². The van der Waals surface area contributed by atoms with Crippen molar-refractivity contribution in [2.45, 2.75) is 52.5 Å². The number of carbonyl (C=O) groups excluding carboxylic acids is 1. The average molecular weight is 270 g/mol. The summed E-state index contributed by atoms with van der Waals surface area (Å²) in [5.74, 6) is -0.309. The van der Waals surface area contributed by atoms with Gasteiger partial charge in [0.05, 0.1) is 12.8 Å². The molecule has 0 aliphatic carbocycles. The number of rotatable bonds is 7. The van der Waals surface area contributed by atoms with Crippen LogP contribution < -0.4 is 5.32 Å². The minimum atomic E-state index is -0.309. The standard InChI is InChI=1S/C13H22N2O2S/c1-5-6-7-8-9(2)14-13-15-10(3)11(18-13)12(16)17-4/h9H,5-8H2,1-4H3,(H,14,15). The van der Waals surface area contributed by atoms with Gasteiger partial charge in [-0.2, -0.15) is 0 Å². The number of nitrogens with one attached hydrogen (secondary N) is 1. The maximum absolute atomic E-state index is 11.5. The van der Waals surface area contributed by atoms with Crippen molar-refractivity contribution in [3.05, 3.63) is 10.6 Å². The van der Waals surface area contributed by atoms with Gasteiger partial charge in [0.25, 0.3) is 0 Å². The number of aromatic nitrogens is 1. The van der Waals surface area contributed by atoms with Crippen molar-refractivity contribution in [1.29, 1.82) is 0 Å². The first-order valence-electron chi connectivity index (χ1n) is 6.40. The van der Waals surface area contributed by atoms with E-state index in [0.717, 1.165) is 17.2 Å². The number of methoxy groups -OCH3 is 1. The molecule has 0 bridgehead atoms. The molecule has 1 aromatic heterocycles. The molecule has 1 aromatic rings. The molecule has 0 saturated heterocycles. The van der Waals surface area contributed by atoms with E-state index in [9.17, 15) is 4.79 Å². The Morgan fingerprint density at radius 3 is 2.83 bits per heavy atom. The van der Waals surface area contributed by atoms with Crippen LogP contribution in [0.2, 0.25) is 0 Å². The summed E-state index contributed by atoms with van der Waals surface area (Å²) in [4.78, 5) is 16.4. The highest BCUT2D eigenvalue weighted by molar-refractivity contribution is 7.17. The number of thiazole rings is 1. The number of hydrogen-bond donors (Lipinski definition) is 1. The molecule has 18 heavy (non-hydrogen) atoms. The monoisotopic (exact) mass is 270 g/mol. The first kappa shape index (κ1) is 15.0. The van der Waals surface area contributed by atoms with Gasteiger partial charge in [0, 0.05) is 6.04 Å². The van der Waals surface area contributed by atoms with Crippen molar-refractivity contribution in [2.75, 3.05) is 12.4 Å². The Balaban J connectivity index is 2.54. The number of unbranched alkanes of at least 4 members (excludes halogenated alkanes) is 2. The van der Waals surface area contributed by atoms with Crippen LogP contribution in [-0.4, -0.2) is 24.1 Å². The quantitative estimate of drug-likeness (QED) is 0.607. The van der Waals surface area contributed by atoms with Crippen molar-refractivity contribution in [3.8, 4) is 0 Å². The molecule has 0 amide bonds. The third kappa shape index (κ3) is 4.29. The van der Waals surface area contributed by atoms with E-state index in [1.165, 1.54) is 37.7 Å². The Morgan fingerprint density at radius 1 is 1.50 bits per heavy atom. The van der Waals surface area contributed by atoms with E-state index < -0.39 is 0 Å². The Labute approximate surface area is 113 Å². The van der Waals surface area contributed by atoms with E-state index in [0.29, 0.717) is 10.9 Å². The molecule has 1 N–H and O–H groups in total. The summed E-state index contributed by atoms with van der Waals surface area (Å²) in [6.07, 6.45) is 4.84. The zero-order valence-electron chi connectivity index (χ0n) is 11.6. The summed E-state index contributed by atoms with van der Waals surface area (Å²) in [5, 5.41) is 4.14. The Bertz CT molecular complexity index is 390. The van der Waals surface area contributed by atoms with Crippen LogP contribution in [0, 0.1) is 6.92 Å². The van der Waals surface area contributed by atoms with Gasteiger partial charge in [-0.3, -0.25) is 0 Å². The van der Waals surface area contributed by atoms with Crippen LogP contribution >= 0.6 is 11.3 Å². The molecular formula is C13H22N2O2S. The normalized spacial score (nSPS) is 12.2. The number of hydrogen-bond acceptors (Lipinski definition) is 5. The molecule has 0 aromatic carbocycles. The number of aryl methyl sites for hydroxylation is 1. The second-order valence-electron chi connectivity index (χ2n) is 4.47. The van der Waals surface area contributed by atoms with E-state index in [-0.39, 0.29) is 5.97 Å². The lowest BCUT2D eigenvalue weighted by atomic mass is 10.1. The lowest BCUT2D eigenvalue weighted by Gasteiger charge is -2.11. The second-order valence-corrected chi connectivity index (χ2v) is 5.47. The number of esters is 1. The van der Waals surface area contributed by atoms with Crippen LogP contribution in [0.5, 0.6) is 0 Å². The highest BCUT2D eigenvalue weighted by atomic mass is 32.1. The topological polar surface area (TPSA) is 51.2 Å². The van der Waals surface area contributed by atoms with Gasteiger partial charge in [0.2, 0.25) is 0 Å². The smallest absolute Gasteiger partial charge is 0.350 e. The average Bonchev–Trinajstić information content (AvgIpc) is 2.69. The fourth-order valence-corrected chi connectivity index (χ4v) is 2.72. The van der Waals surface area contributed by atoms with Crippen molar-refractivity contribution in [1.82, 2.24) is 4.98 Å². The molecule has 0 spiro atoms. The fraction of sp³-hybridized carbons (Fsp3) is 0.692. The predicted molar refractivity (Wildman–Crippen MR) is 75.4 cm³/mol. The molecule has 5 heteroatoms. The van der Waals surface area contributed by atoms with Gasteiger partial charge in [-0.05, 0) is 20.3 Å². The summed E-state index contributed by atoms with van der Waals surface area (Å²) in [7, 11) is 1.39. The molecule has 0 saturated carbocycles. The summed E-state index contributed by atoms with van der Waals surface area (Å²) >= 11 is 1.36. The van der Waals surface area contributed by atoms with E-state index >= 15 is 0 Å². The summed E-state index contributed by atoms with van der Waals surface area (Å²) in [6.45, 7) is 6.17. The molecule has 0 aliphatic rings. The van der Waals surface area contributed by atoms with E-state index in [1.54, 1.807) is 0 Å². The SMILES string of the molecule is CCCCCC(C)Nc1nc(C)c(C(=O)OC)s1. The highest BCUT2D eigenvalue weighted by Crippen LogP contribution is 2.24. The van der Waals surface area contributed by atoms with Gasteiger partial charge in [-0.1, -0.05) is 37.5 Å². The van der Waals surface area contributed by atoms with Crippen LogP contribution in [0.1, 0.15) is 54.9 Å². The molecule has 0 radical (unpaired) electrons. The summed E-state index contributed by atoms with van der Waals surface area (Å²) < 4.78 is 4.72. The van der Waals surface area contributed by atoms with Crippen molar-refractivity contribution in [2.24, 2.45) is 0 Å². The predicted octanol–water partition coefficient (Wildman–Crippen LogP) is 3.62. The molecule has 1 heterocycles. The number of anilines is 1. The molecular weight excluding hydrogens is 248 g/mol. The minimum Gasteiger partial charge on any atom is -0.465 e. The van der Waals surface area contributed by atoms with Crippen LogP contribution in [0.3, 0.4) is 0 Å². The number of carbonyl (C=O) groups is 1. The fourth-order valence-electron chi connectivity index (χ4n) is 1.72. The van der Waals surface area contributed by atoms with Crippen LogP contribution in [0.4, 0.5) is 5.13 Å². The first-order valence-corrected chi connectivity index (χ1v) is 7.22. The minimum absolute atomic E-state index is 0.309.